The zero-order valence-electron chi connectivity index (χ0n) is 19.0. The van der Waals surface area contributed by atoms with Crippen molar-refractivity contribution in [3.05, 3.63) is 46.9 Å². The van der Waals surface area contributed by atoms with Gasteiger partial charge in [-0.25, -0.2) is 18.5 Å². The summed E-state index contributed by atoms with van der Waals surface area (Å²) in [7, 11) is -2.05. The third-order valence-electron chi connectivity index (χ3n) is 6.54. The monoisotopic (exact) mass is 459 g/mol. The molecule has 10 heteroatoms. The molecule has 2 atom stereocenters. The molecule has 4 rings (SSSR count). The van der Waals surface area contributed by atoms with Gasteiger partial charge in [-0.3, -0.25) is 9.58 Å². The number of benzene rings is 1. The third-order valence-corrected chi connectivity index (χ3v) is 7.49. The smallest absolute Gasteiger partial charge is 0.238 e. The summed E-state index contributed by atoms with van der Waals surface area (Å²) in [6.07, 6.45) is 6.05. The Balaban J connectivity index is 1.94. The fourth-order valence-electron chi connectivity index (χ4n) is 4.98. The molecule has 2 unspecified atom stereocenters. The molecule has 5 N–H and O–H groups in total. The summed E-state index contributed by atoms with van der Waals surface area (Å²) in [6.45, 7) is 7.00. The number of aryl methyl sites for hydroxylation is 1. The zero-order chi connectivity index (χ0) is 23.3. The molecule has 0 aliphatic carbocycles. The fraction of sp³-hybridized carbons (Fsp3) is 0.455. The predicted octanol–water partition coefficient (Wildman–Crippen LogP) is 2.17. The molecule has 1 aromatic heterocycles. The van der Waals surface area contributed by atoms with Gasteiger partial charge in [-0.1, -0.05) is 0 Å². The van der Waals surface area contributed by atoms with E-state index in [0.29, 0.717) is 30.1 Å². The molecule has 1 fully saturated rings. The highest BCUT2D eigenvalue weighted by Gasteiger charge is 2.41. The number of H-pyrrole nitrogens is 1. The number of hydrogen-bond acceptors (Lipinski definition) is 6. The van der Waals surface area contributed by atoms with E-state index in [0.717, 1.165) is 42.0 Å². The number of amidine groups is 1. The number of aliphatic imine (C=N–C) groups is 1. The van der Waals surface area contributed by atoms with E-state index in [4.69, 9.17) is 15.6 Å². The predicted molar refractivity (Wildman–Crippen MR) is 125 cm³/mol. The van der Waals surface area contributed by atoms with Crippen LogP contribution in [0.4, 0.5) is 5.69 Å². The van der Waals surface area contributed by atoms with E-state index < -0.39 is 10.0 Å². The quantitative estimate of drug-likeness (QED) is 0.589. The molecule has 0 spiro atoms. The van der Waals surface area contributed by atoms with Crippen LogP contribution in [0.3, 0.4) is 0 Å². The van der Waals surface area contributed by atoms with E-state index in [1.54, 1.807) is 18.5 Å². The second-order valence-corrected chi connectivity index (χ2v) is 10.8. The van der Waals surface area contributed by atoms with Crippen LogP contribution < -0.4 is 15.4 Å². The van der Waals surface area contributed by atoms with E-state index in [-0.39, 0.29) is 15.0 Å². The largest absolute Gasteiger partial charge is 0.382 e. The second kappa shape index (κ2) is 7.80. The standard InChI is InChI=1S/C22H31N6O3S/c1-14-8-18(19(32(24,29)30)9-16(14)10-22(3)6-5-7-31-22)21-15(2)27-20(23)13-28(21,4)17-11-25-26-12-17/h8-9,11-12H,5-7,10,13H2,1-4H3,(H2,23,27)(H,25,26)(H2,24,29,30)/q+1. The van der Waals surface area contributed by atoms with Crippen LogP contribution in [0.1, 0.15) is 43.4 Å². The number of likely N-dealkylation sites (N-methyl/N-ethyl adjacent to an activating group) is 1. The number of aromatic amines is 1. The van der Waals surface area contributed by atoms with Crippen molar-refractivity contribution in [3.63, 3.8) is 0 Å². The van der Waals surface area contributed by atoms with Crippen molar-refractivity contribution >= 4 is 27.2 Å². The molecule has 0 saturated carbocycles. The Labute approximate surface area is 188 Å². The molecule has 1 saturated heterocycles. The number of rotatable bonds is 5. The van der Waals surface area contributed by atoms with Crippen LogP contribution in [-0.2, 0) is 21.2 Å². The molecule has 2 aromatic rings. The highest BCUT2D eigenvalue weighted by atomic mass is 32.2. The molecule has 9 nitrogen and oxygen atoms in total. The zero-order valence-corrected chi connectivity index (χ0v) is 19.8. The van der Waals surface area contributed by atoms with Crippen LogP contribution >= 0.6 is 0 Å². The van der Waals surface area contributed by atoms with E-state index in [1.165, 1.54) is 0 Å². The van der Waals surface area contributed by atoms with Crippen LogP contribution in [0.5, 0.6) is 0 Å². The topological polar surface area (TPSA) is 136 Å². The number of ether oxygens (including phenoxy) is 1. The van der Waals surface area contributed by atoms with Crippen molar-refractivity contribution in [2.24, 2.45) is 15.9 Å². The fourth-order valence-corrected chi connectivity index (χ4v) is 5.75. The maximum atomic E-state index is 12.8. The second-order valence-electron chi connectivity index (χ2n) is 9.24. The minimum Gasteiger partial charge on any atom is -0.382 e. The Morgan fingerprint density at radius 1 is 1.31 bits per heavy atom. The number of sulfonamides is 1. The van der Waals surface area contributed by atoms with Crippen LogP contribution in [0, 0.1) is 6.92 Å². The van der Waals surface area contributed by atoms with Gasteiger partial charge >= 0.3 is 0 Å². The molecular weight excluding hydrogens is 428 g/mol. The molecule has 172 valence electrons. The van der Waals surface area contributed by atoms with Crippen LogP contribution in [-0.4, -0.2) is 50.3 Å². The van der Waals surface area contributed by atoms with E-state index in [1.807, 2.05) is 27.0 Å². The minimum atomic E-state index is -4.02. The Bertz CT molecular complexity index is 1210. The number of hydrogen-bond donors (Lipinski definition) is 3. The Kier molecular flexibility index (Phi) is 5.52. The summed E-state index contributed by atoms with van der Waals surface area (Å²) in [6, 6.07) is 3.61. The maximum absolute atomic E-state index is 12.8. The van der Waals surface area contributed by atoms with Crippen molar-refractivity contribution in [2.75, 3.05) is 20.2 Å². The average Bonchev–Trinajstić information content (AvgIpc) is 3.34. The molecule has 1 aromatic carbocycles. The lowest BCUT2D eigenvalue weighted by Crippen LogP contribution is -2.51. The molecule has 2 aliphatic heterocycles. The van der Waals surface area contributed by atoms with Crippen molar-refractivity contribution in [1.82, 2.24) is 14.7 Å². The van der Waals surface area contributed by atoms with Gasteiger partial charge in [0.15, 0.2) is 17.2 Å². The van der Waals surface area contributed by atoms with Gasteiger partial charge in [0, 0.05) is 13.0 Å². The van der Waals surface area contributed by atoms with Gasteiger partial charge in [-0.05, 0) is 56.9 Å². The highest BCUT2D eigenvalue weighted by Crippen LogP contribution is 2.41. The first kappa shape index (κ1) is 22.7. The van der Waals surface area contributed by atoms with Crippen LogP contribution in [0.15, 0.2) is 40.1 Å². The summed E-state index contributed by atoms with van der Waals surface area (Å²) in [5.74, 6) is 0.465. The van der Waals surface area contributed by atoms with Crippen LogP contribution in [0.2, 0.25) is 0 Å². The third kappa shape index (κ3) is 3.99. The molecule has 3 heterocycles. The number of nitrogens with one attached hydrogen (secondary N) is 1. The van der Waals surface area contributed by atoms with Gasteiger partial charge in [0.05, 0.1) is 29.3 Å². The van der Waals surface area contributed by atoms with Gasteiger partial charge in [0.1, 0.15) is 18.4 Å². The Morgan fingerprint density at radius 3 is 2.66 bits per heavy atom. The van der Waals surface area contributed by atoms with Gasteiger partial charge in [0.25, 0.3) is 0 Å². The molecule has 2 aliphatic rings. The molecular formula is C22H31N6O3S+. The lowest BCUT2D eigenvalue weighted by atomic mass is 9.89. The number of aromatic nitrogens is 2. The SMILES string of the molecule is CC1=C(c2cc(C)c(CC3(C)CCCO3)cc2S(N)(=O)=O)[N+](C)(c2cn[nH]c2)CC(N)=N1. The number of nitrogens with two attached hydrogens (primary N) is 2. The normalized spacial score (nSPS) is 26.5. The average molecular weight is 460 g/mol. The molecule has 0 amide bonds. The lowest BCUT2D eigenvalue weighted by Gasteiger charge is -2.37. The van der Waals surface area contributed by atoms with E-state index in [2.05, 4.69) is 22.1 Å². The van der Waals surface area contributed by atoms with Crippen molar-refractivity contribution < 1.29 is 13.2 Å². The lowest BCUT2D eigenvalue weighted by molar-refractivity contribution is 0.0206. The van der Waals surface area contributed by atoms with Crippen molar-refractivity contribution in [3.8, 4) is 0 Å². The van der Waals surface area contributed by atoms with Gasteiger partial charge in [0.2, 0.25) is 10.0 Å². The highest BCUT2D eigenvalue weighted by molar-refractivity contribution is 7.89. The summed E-state index contributed by atoms with van der Waals surface area (Å²) in [5.41, 5.74) is 10.5. The first-order valence-corrected chi connectivity index (χ1v) is 12.2. The number of nitrogens with zero attached hydrogens (tertiary/aromatic N) is 3. The molecule has 0 bridgehead atoms. The van der Waals surface area contributed by atoms with Crippen LogP contribution in [0.25, 0.3) is 5.70 Å². The van der Waals surface area contributed by atoms with Gasteiger partial charge < -0.3 is 10.5 Å². The van der Waals surface area contributed by atoms with E-state index >= 15 is 0 Å². The van der Waals surface area contributed by atoms with Crippen molar-refractivity contribution in [1.29, 1.82) is 0 Å². The number of primary sulfonamides is 1. The Hall–Kier alpha value is -2.53. The van der Waals surface area contributed by atoms with Gasteiger partial charge in [-0.15, -0.1) is 0 Å². The number of quaternary nitrogens is 1. The first-order valence-electron chi connectivity index (χ1n) is 10.6. The first-order chi connectivity index (χ1) is 14.9. The summed E-state index contributed by atoms with van der Waals surface area (Å²) >= 11 is 0. The Morgan fingerprint density at radius 2 is 2.06 bits per heavy atom. The summed E-state index contributed by atoms with van der Waals surface area (Å²) in [4.78, 5) is 4.57. The molecule has 32 heavy (non-hydrogen) atoms. The summed E-state index contributed by atoms with van der Waals surface area (Å²) < 4.78 is 31.7. The van der Waals surface area contributed by atoms with E-state index in [9.17, 15) is 8.42 Å². The van der Waals surface area contributed by atoms with Crippen molar-refractivity contribution in [2.45, 2.75) is 50.5 Å². The molecule has 0 radical (unpaired) electrons. The van der Waals surface area contributed by atoms with Gasteiger partial charge in [-0.2, -0.15) is 5.10 Å². The maximum Gasteiger partial charge on any atom is 0.238 e. The summed E-state index contributed by atoms with van der Waals surface area (Å²) in [5, 5.41) is 12.7. The minimum absolute atomic E-state index is 0.0811. The number of allylic oxidation sites excluding steroid dienone is 1.